The summed E-state index contributed by atoms with van der Waals surface area (Å²) in [4.78, 5) is 9.74. The maximum atomic E-state index is 13.0. The highest BCUT2D eigenvalue weighted by Crippen LogP contribution is 2.33. The van der Waals surface area contributed by atoms with E-state index >= 15 is 0 Å². The van der Waals surface area contributed by atoms with Crippen LogP contribution >= 0.6 is 0 Å². The first-order valence-electron chi connectivity index (χ1n) is 7.28. The molecule has 4 nitrogen and oxygen atoms in total. The first-order chi connectivity index (χ1) is 9.81. The highest BCUT2D eigenvalue weighted by molar-refractivity contribution is 5.46. The van der Waals surface area contributed by atoms with E-state index in [0.29, 0.717) is 18.3 Å². The summed E-state index contributed by atoms with van der Waals surface area (Å²) in [6, 6.07) is 1.23. The molecule has 7 heteroatoms. The monoisotopic (exact) mass is 302 g/mol. The van der Waals surface area contributed by atoms with Crippen LogP contribution in [0.5, 0.6) is 0 Å². The van der Waals surface area contributed by atoms with Gasteiger partial charge in [-0.25, -0.2) is 4.98 Å². The van der Waals surface area contributed by atoms with Gasteiger partial charge in [-0.1, -0.05) is 6.92 Å². The minimum absolute atomic E-state index is 0.0353. The molecule has 0 bridgehead atoms. The lowest BCUT2D eigenvalue weighted by Gasteiger charge is -2.37. The zero-order valence-electron chi connectivity index (χ0n) is 12.5. The van der Waals surface area contributed by atoms with E-state index < -0.39 is 11.9 Å². The van der Waals surface area contributed by atoms with E-state index in [-0.39, 0.29) is 12.0 Å². The second kappa shape index (κ2) is 6.07. The van der Waals surface area contributed by atoms with Crippen molar-refractivity contribution < 1.29 is 13.2 Å². The van der Waals surface area contributed by atoms with Crippen LogP contribution in [0.15, 0.2) is 6.07 Å². The number of halogens is 3. The Labute approximate surface area is 122 Å². The van der Waals surface area contributed by atoms with E-state index in [1.807, 2.05) is 11.8 Å². The third-order valence-electron chi connectivity index (χ3n) is 3.77. The van der Waals surface area contributed by atoms with Crippen LogP contribution in [0.3, 0.4) is 0 Å². The minimum Gasteiger partial charge on any atom is -0.354 e. The third-order valence-corrected chi connectivity index (χ3v) is 3.77. The average Bonchev–Trinajstić information content (AvgIpc) is 2.37. The van der Waals surface area contributed by atoms with Crippen LogP contribution < -0.4 is 10.2 Å². The van der Waals surface area contributed by atoms with Crippen molar-refractivity contribution >= 4 is 11.8 Å². The number of hydrogen-bond donors (Lipinski definition) is 1. The fourth-order valence-electron chi connectivity index (χ4n) is 2.71. The number of rotatable bonds is 3. The van der Waals surface area contributed by atoms with Gasteiger partial charge in [0.2, 0.25) is 5.95 Å². The summed E-state index contributed by atoms with van der Waals surface area (Å²) in [6.45, 7) is 7.20. The number of hydrogen-bond acceptors (Lipinski definition) is 4. The first-order valence-corrected chi connectivity index (χ1v) is 7.28. The Hall–Kier alpha value is -1.53. The van der Waals surface area contributed by atoms with Crippen molar-refractivity contribution in [2.75, 3.05) is 23.3 Å². The topological polar surface area (TPSA) is 41.1 Å². The molecule has 1 N–H and O–H groups in total. The minimum atomic E-state index is -4.46. The van der Waals surface area contributed by atoms with Crippen LogP contribution in [-0.4, -0.2) is 29.1 Å². The molecule has 2 unspecified atom stereocenters. The molecule has 1 aliphatic rings. The van der Waals surface area contributed by atoms with Crippen molar-refractivity contribution in [3.8, 4) is 0 Å². The van der Waals surface area contributed by atoms with Gasteiger partial charge in [0.15, 0.2) is 5.69 Å². The molecule has 1 aromatic rings. The molecule has 0 radical (unpaired) electrons. The van der Waals surface area contributed by atoms with Crippen LogP contribution in [0.1, 0.15) is 39.3 Å². The number of nitrogens with zero attached hydrogens (tertiary/aromatic N) is 3. The summed E-state index contributed by atoms with van der Waals surface area (Å²) in [7, 11) is 0. The molecule has 1 aliphatic heterocycles. The Morgan fingerprint density at radius 3 is 2.62 bits per heavy atom. The molecule has 2 rings (SSSR count). The predicted molar refractivity (Wildman–Crippen MR) is 76.4 cm³/mol. The molecule has 0 amide bonds. The van der Waals surface area contributed by atoms with Gasteiger partial charge in [-0.15, -0.1) is 0 Å². The van der Waals surface area contributed by atoms with Gasteiger partial charge in [0.25, 0.3) is 0 Å². The highest BCUT2D eigenvalue weighted by atomic mass is 19.4. The number of anilines is 2. The quantitative estimate of drug-likeness (QED) is 0.927. The zero-order chi connectivity index (χ0) is 15.6. The summed E-state index contributed by atoms with van der Waals surface area (Å²) in [6.07, 6.45) is -2.54. The van der Waals surface area contributed by atoms with Crippen LogP contribution in [-0.2, 0) is 6.18 Å². The van der Waals surface area contributed by atoms with Gasteiger partial charge in [-0.2, -0.15) is 18.2 Å². The van der Waals surface area contributed by atoms with Gasteiger partial charge in [0.05, 0.1) is 0 Å². The fraction of sp³-hybridized carbons (Fsp3) is 0.714. The lowest BCUT2D eigenvalue weighted by molar-refractivity contribution is -0.141. The van der Waals surface area contributed by atoms with E-state index in [9.17, 15) is 13.2 Å². The number of piperidine rings is 1. The predicted octanol–water partition coefficient (Wildman–Crippen LogP) is 3.55. The Kier molecular flexibility index (Phi) is 4.58. The number of alkyl halides is 3. The van der Waals surface area contributed by atoms with Crippen molar-refractivity contribution in [1.29, 1.82) is 0 Å². The molecule has 2 atom stereocenters. The zero-order valence-corrected chi connectivity index (χ0v) is 12.5. The number of nitrogens with one attached hydrogen (secondary N) is 1. The van der Waals surface area contributed by atoms with E-state index in [4.69, 9.17) is 0 Å². The standard InChI is InChI=1S/C14H21F3N4/c1-4-18-13-19-11(14(15,16)17)8-12(20-13)21-6-5-9(2)7-10(21)3/h8-10H,4-7H2,1-3H3,(H,18,19,20). The Morgan fingerprint density at radius 2 is 2.05 bits per heavy atom. The molecule has 1 aromatic heterocycles. The fourth-order valence-corrected chi connectivity index (χ4v) is 2.71. The second-order valence-electron chi connectivity index (χ2n) is 5.64. The smallest absolute Gasteiger partial charge is 0.354 e. The Balaban J connectivity index is 2.35. The number of aromatic nitrogens is 2. The van der Waals surface area contributed by atoms with Crippen molar-refractivity contribution in [3.63, 3.8) is 0 Å². The molecular weight excluding hydrogens is 281 g/mol. The largest absolute Gasteiger partial charge is 0.433 e. The van der Waals surface area contributed by atoms with Gasteiger partial charge >= 0.3 is 6.18 Å². The summed E-state index contributed by atoms with van der Waals surface area (Å²) >= 11 is 0. The van der Waals surface area contributed by atoms with Crippen LogP contribution in [0, 0.1) is 5.92 Å². The SMILES string of the molecule is CCNc1nc(N2CCC(C)CC2C)cc(C(F)(F)F)n1. The maximum Gasteiger partial charge on any atom is 0.433 e. The van der Waals surface area contributed by atoms with E-state index in [1.165, 1.54) is 0 Å². The van der Waals surface area contributed by atoms with Gasteiger partial charge in [-0.05, 0) is 32.6 Å². The van der Waals surface area contributed by atoms with Crippen LogP contribution in [0.25, 0.3) is 0 Å². The maximum absolute atomic E-state index is 13.0. The molecule has 21 heavy (non-hydrogen) atoms. The lowest BCUT2D eigenvalue weighted by Crippen LogP contribution is -2.41. The molecule has 0 spiro atoms. The molecule has 1 fully saturated rings. The van der Waals surface area contributed by atoms with E-state index in [1.54, 1.807) is 6.92 Å². The van der Waals surface area contributed by atoms with Crippen molar-refractivity contribution in [2.24, 2.45) is 5.92 Å². The Bertz CT molecular complexity index is 490. The van der Waals surface area contributed by atoms with Gasteiger partial charge in [0, 0.05) is 25.2 Å². The normalized spacial score (nSPS) is 23.2. The molecule has 2 heterocycles. The van der Waals surface area contributed by atoms with Gasteiger partial charge in [-0.3, -0.25) is 0 Å². The lowest BCUT2D eigenvalue weighted by atomic mass is 9.93. The van der Waals surface area contributed by atoms with Crippen molar-refractivity contribution in [3.05, 3.63) is 11.8 Å². The van der Waals surface area contributed by atoms with Crippen LogP contribution in [0.4, 0.5) is 24.9 Å². The molecular formula is C14H21F3N4. The van der Waals surface area contributed by atoms with Crippen LogP contribution in [0.2, 0.25) is 0 Å². The summed E-state index contributed by atoms with van der Waals surface area (Å²) in [5, 5.41) is 2.77. The molecule has 0 saturated carbocycles. The summed E-state index contributed by atoms with van der Waals surface area (Å²) < 4.78 is 38.9. The van der Waals surface area contributed by atoms with Gasteiger partial charge in [0.1, 0.15) is 5.82 Å². The van der Waals surface area contributed by atoms with E-state index in [0.717, 1.165) is 25.5 Å². The second-order valence-corrected chi connectivity index (χ2v) is 5.64. The molecule has 0 aromatic carbocycles. The summed E-state index contributed by atoms with van der Waals surface area (Å²) in [5.41, 5.74) is -0.894. The first kappa shape index (κ1) is 15.9. The summed E-state index contributed by atoms with van der Waals surface area (Å²) in [5.74, 6) is 0.981. The molecule has 1 saturated heterocycles. The van der Waals surface area contributed by atoms with Crippen molar-refractivity contribution in [2.45, 2.75) is 45.8 Å². The average molecular weight is 302 g/mol. The molecule has 0 aliphatic carbocycles. The van der Waals surface area contributed by atoms with Crippen molar-refractivity contribution in [1.82, 2.24) is 9.97 Å². The molecule has 118 valence electrons. The third kappa shape index (κ3) is 3.77. The Morgan fingerprint density at radius 1 is 1.33 bits per heavy atom. The van der Waals surface area contributed by atoms with Gasteiger partial charge < -0.3 is 10.2 Å². The highest BCUT2D eigenvalue weighted by Gasteiger charge is 2.35. The van der Waals surface area contributed by atoms with E-state index in [2.05, 4.69) is 22.2 Å².